The third-order valence-corrected chi connectivity index (χ3v) is 6.90. The molecule has 8 heteroatoms. The molecule has 0 saturated heterocycles. The highest BCUT2D eigenvalue weighted by molar-refractivity contribution is 6.15. The van der Waals surface area contributed by atoms with Crippen molar-refractivity contribution in [2.75, 3.05) is 20.7 Å². The average molecular weight is 536 g/mol. The summed E-state index contributed by atoms with van der Waals surface area (Å²) in [6, 6.07) is 7.76. The number of rotatable bonds is 11. The fourth-order valence-electron chi connectivity index (χ4n) is 4.50. The van der Waals surface area contributed by atoms with Crippen LogP contribution in [0.5, 0.6) is 0 Å². The molecule has 1 rings (SSSR count). The molecule has 0 aliphatic carbocycles. The minimum atomic E-state index is -0.826. The number of carbonyl (C=O) groups is 3. The van der Waals surface area contributed by atoms with Gasteiger partial charge in [-0.1, -0.05) is 84.9 Å². The number of nitrogens with one attached hydrogen (secondary N) is 1. The van der Waals surface area contributed by atoms with E-state index in [4.69, 9.17) is 16.5 Å². The molecule has 37 heavy (non-hydrogen) atoms. The summed E-state index contributed by atoms with van der Waals surface area (Å²) in [6.07, 6.45) is 1.76. The van der Waals surface area contributed by atoms with Crippen LogP contribution < -0.4 is 5.32 Å². The van der Waals surface area contributed by atoms with Gasteiger partial charge in [0.2, 0.25) is 11.8 Å². The number of hydrogen-bond donors (Lipinski definition) is 1. The molecule has 7 nitrogen and oxygen atoms in total. The highest BCUT2D eigenvalue weighted by Crippen LogP contribution is 2.32. The first-order valence-corrected chi connectivity index (χ1v) is 13.2. The van der Waals surface area contributed by atoms with Gasteiger partial charge < -0.3 is 15.0 Å². The van der Waals surface area contributed by atoms with Crippen molar-refractivity contribution >= 4 is 29.6 Å². The number of amides is 2. The Balaban J connectivity index is 3.35. The molecule has 2 amide bonds. The van der Waals surface area contributed by atoms with Crippen LogP contribution in [0.3, 0.4) is 0 Å². The SMILES string of the molecule is CCOC(=O)/C(C)=C\[C@H](C(C)C)N(C)C(=O)[C@@H](NC(=O)[C@@H](N(C)Cl)C(C)(C)c1ccccc1)C(C)(C)C. The zero-order chi connectivity index (χ0) is 28.7. The van der Waals surface area contributed by atoms with Gasteiger partial charge in [-0.2, -0.15) is 0 Å². The summed E-state index contributed by atoms with van der Waals surface area (Å²) in [4.78, 5) is 41.4. The van der Waals surface area contributed by atoms with Gasteiger partial charge in [-0.05, 0) is 42.5 Å². The largest absolute Gasteiger partial charge is 0.463 e. The minimum Gasteiger partial charge on any atom is -0.463 e. The highest BCUT2D eigenvalue weighted by Gasteiger charge is 2.43. The van der Waals surface area contributed by atoms with E-state index in [0.717, 1.165) is 5.56 Å². The molecule has 1 N–H and O–H groups in total. The van der Waals surface area contributed by atoms with E-state index in [1.165, 1.54) is 4.42 Å². The van der Waals surface area contributed by atoms with Gasteiger partial charge >= 0.3 is 5.97 Å². The van der Waals surface area contributed by atoms with Gasteiger partial charge in [-0.15, -0.1) is 0 Å². The van der Waals surface area contributed by atoms with Crippen molar-refractivity contribution in [1.82, 2.24) is 14.6 Å². The molecule has 0 aliphatic rings. The van der Waals surface area contributed by atoms with Crippen molar-refractivity contribution in [2.24, 2.45) is 11.3 Å². The van der Waals surface area contributed by atoms with E-state index in [1.807, 2.05) is 78.8 Å². The molecule has 0 unspecified atom stereocenters. The standard InChI is InChI=1S/C29H46ClN3O4/c1-12-37-27(36)20(4)18-22(19(2)3)32(10)26(35)23(28(5,6)7)31-25(34)24(33(11)30)29(8,9)21-16-14-13-15-17-21/h13-19,22-24H,12H2,1-11H3,(H,31,34)/b20-18-/t22-,23-,24-/m1/s1. The van der Waals surface area contributed by atoms with Crippen molar-refractivity contribution in [3.05, 3.63) is 47.5 Å². The van der Waals surface area contributed by atoms with Crippen LogP contribution in [0.4, 0.5) is 0 Å². The Bertz CT molecular complexity index is 952. The summed E-state index contributed by atoms with van der Waals surface area (Å²) in [7, 11) is 3.35. The Labute approximate surface area is 228 Å². The second-order valence-corrected chi connectivity index (χ2v) is 12.1. The topological polar surface area (TPSA) is 79.0 Å². The van der Waals surface area contributed by atoms with Crippen LogP contribution in [0.25, 0.3) is 0 Å². The molecule has 0 saturated carbocycles. The Hall–Kier alpha value is -2.38. The zero-order valence-electron chi connectivity index (χ0n) is 24.4. The van der Waals surface area contributed by atoms with Crippen LogP contribution in [0.2, 0.25) is 0 Å². The first kappa shape index (κ1) is 32.6. The third-order valence-electron chi connectivity index (χ3n) is 6.70. The Kier molecular flexibility index (Phi) is 11.8. The summed E-state index contributed by atoms with van der Waals surface area (Å²) in [5.41, 5.74) is 0.163. The van der Waals surface area contributed by atoms with Crippen LogP contribution in [-0.2, 0) is 24.5 Å². The quantitative estimate of drug-likeness (QED) is 0.246. The van der Waals surface area contributed by atoms with Crippen LogP contribution in [-0.4, -0.2) is 65.9 Å². The third kappa shape index (κ3) is 8.57. The number of hydrogen-bond acceptors (Lipinski definition) is 5. The average Bonchev–Trinajstić information content (AvgIpc) is 2.79. The van der Waals surface area contributed by atoms with Gasteiger partial charge in [-0.3, -0.25) is 9.59 Å². The number of halogens is 1. The summed E-state index contributed by atoms with van der Waals surface area (Å²) in [6.45, 7) is 17.3. The van der Waals surface area contributed by atoms with Gasteiger partial charge in [0.15, 0.2) is 0 Å². The second-order valence-electron chi connectivity index (χ2n) is 11.6. The van der Waals surface area contributed by atoms with Crippen LogP contribution >= 0.6 is 11.8 Å². The number of esters is 1. The van der Waals surface area contributed by atoms with Gasteiger partial charge in [0.05, 0.1) is 12.6 Å². The smallest absolute Gasteiger partial charge is 0.333 e. The number of ether oxygens (including phenoxy) is 1. The van der Waals surface area contributed by atoms with Crippen LogP contribution in [0.1, 0.15) is 67.9 Å². The van der Waals surface area contributed by atoms with Gasteiger partial charge in [0.1, 0.15) is 12.1 Å². The Morgan fingerprint density at radius 2 is 1.59 bits per heavy atom. The molecule has 208 valence electrons. The van der Waals surface area contributed by atoms with Crippen molar-refractivity contribution < 1.29 is 19.1 Å². The van der Waals surface area contributed by atoms with Gasteiger partial charge in [0.25, 0.3) is 0 Å². The highest BCUT2D eigenvalue weighted by atomic mass is 35.5. The lowest BCUT2D eigenvalue weighted by Crippen LogP contribution is -2.61. The normalized spacial score (nSPS) is 15.2. The van der Waals surface area contributed by atoms with Crippen LogP contribution in [0, 0.1) is 11.3 Å². The second kappa shape index (κ2) is 13.4. The van der Waals surface area contributed by atoms with E-state index < -0.39 is 28.9 Å². The molecule has 1 aromatic rings. The monoisotopic (exact) mass is 535 g/mol. The number of nitrogens with zero attached hydrogens (tertiary/aromatic N) is 2. The van der Waals surface area contributed by atoms with E-state index in [9.17, 15) is 14.4 Å². The molecule has 0 bridgehead atoms. The van der Waals surface area contributed by atoms with Crippen molar-refractivity contribution in [3.8, 4) is 0 Å². The van der Waals surface area contributed by atoms with E-state index in [2.05, 4.69) is 5.32 Å². The van der Waals surface area contributed by atoms with E-state index in [0.29, 0.717) is 5.57 Å². The molecule has 0 fully saturated rings. The van der Waals surface area contributed by atoms with E-state index in [1.54, 1.807) is 38.9 Å². The number of likely N-dealkylation sites (N-methyl/N-ethyl adjacent to an activating group) is 2. The molecule has 1 aromatic carbocycles. The van der Waals surface area contributed by atoms with Crippen molar-refractivity contribution in [2.45, 2.75) is 85.9 Å². The molecular formula is C29H46ClN3O4. The molecular weight excluding hydrogens is 490 g/mol. The van der Waals surface area contributed by atoms with Crippen LogP contribution in [0.15, 0.2) is 42.0 Å². The Morgan fingerprint density at radius 3 is 2.03 bits per heavy atom. The zero-order valence-corrected chi connectivity index (χ0v) is 25.1. The molecule has 0 heterocycles. The molecule has 0 spiro atoms. The van der Waals surface area contributed by atoms with E-state index in [-0.39, 0.29) is 30.4 Å². The molecule has 0 aliphatic heterocycles. The predicted octanol–water partition coefficient (Wildman–Crippen LogP) is 4.94. The lowest BCUT2D eigenvalue weighted by molar-refractivity contribution is -0.141. The molecule has 0 aromatic heterocycles. The predicted molar refractivity (Wildman–Crippen MR) is 150 cm³/mol. The summed E-state index contributed by atoms with van der Waals surface area (Å²) >= 11 is 6.44. The summed E-state index contributed by atoms with van der Waals surface area (Å²) < 4.78 is 6.48. The van der Waals surface area contributed by atoms with Gasteiger partial charge in [0, 0.05) is 25.1 Å². The molecule has 3 atom stereocenters. The lowest BCUT2D eigenvalue weighted by Gasteiger charge is -2.41. The minimum absolute atomic E-state index is 0.0217. The maximum absolute atomic E-state index is 13.9. The van der Waals surface area contributed by atoms with Crippen molar-refractivity contribution in [3.63, 3.8) is 0 Å². The Morgan fingerprint density at radius 1 is 1.05 bits per heavy atom. The summed E-state index contributed by atoms with van der Waals surface area (Å²) in [5.74, 6) is -0.979. The lowest BCUT2D eigenvalue weighted by atomic mass is 9.76. The number of benzene rings is 1. The maximum Gasteiger partial charge on any atom is 0.333 e. The van der Waals surface area contributed by atoms with Gasteiger partial charge in [-0.25, -0.2) is 9.21 Å². The number of carbonyl (C=O) groups excluding carboxylic acids is 3. The maximum atomic E-state index is 13.9. The van der Waals surface area contributed by atoms with Crippen molar-refractivity contribution in [1.29, 1.82) is 0 Å². The first-order valence-electron chi connectivity index (χ1n) is 12.8. The molecule has 0 radical (unpaired) electrons. The fraction of sp³-hybridized carbons (Fsp3) is 0.621. The summed E-state index contributed by atoms with van der Waals surface area (Å²) in [5, 5.41) is 3.02. The fourth-order valence-corrected chi connectivity index (χ4v) is 4.83. The van der Waals surface area contributed by atoms with E-state index >= 15 is 0 Å². The first-order chi connectivity index (χ1) is 17.0.